The molecule has 0 radical (unpaired) electrons. The van der Waals surface area contributed by atoms with Crippen LogP contribution in [0, 0.1) is 5.41 Å². The molecular weight excluding hydrogens is 238 g/mol. The number of amides is 2. The highest BCUT2D eigenvalue weighted by atomic mass is 32.1. The molecule has 0 atom stereocenters. The van der Waals surface area contributed by atoms with Crippen LogP contribution in [0.4, 0.5) is 0 Å². The molecule has 1 fully saturated rings. The van der Waals surface area contributed by atoms with Crippen LogP contribution in [0.25, 0.3) is 0 Å². The first-order valence-electron chi connectivity index (χ1n) is 5.83. The Morgan fingerprint density at radius 3 is 2.35 bits per heavy atom. The van der Waals surface area contributed by atoms with Crippen molar-refractivity contribution in [2.24, 2.45) is 11.1 Å². The standard InChI is InChI=1S/C11H19N3O2S/c1-2-3-11(4-5-11)7-14-10(16)9(15)13-6-8(12)17/h2-7H2,1H3,(H2,12,17)(H,13,15)(H,14,16). The van der Waals surface area contributed by atoms with Crippen molar-refractivity contribution in [3.8, 4) is 0 Å². The molecule has 96 valence electrons. The van der Waals surface area contributed by atoms with Crippen molar-refractivity contribution in [3.05, 3.63) is 0 Å². The quantitative estimate of drug-likeness (QED) is 0.465. The van der Waals surface area contributed by atoms with E-state index in [-0.39, 0.29) is 16.9 Å². The second kappa shape index (κ2) is 5.95. The highest BCUT2D eigenvalue weighted by Gasteiger charge is 2.41. The Hall–Kier alpha value is -1.17. The zero-order chi connectivity index (χ0) is 12.9. The molecule has 1 rings (SSSR count). The van der Waals surface area contributed by atoms with Gasteiger partial charge < -0.3 is 16.4 Å². The molecule has 2 amide bonds. The van der Waals surface area contributed by atoms with Crippen LogP contribution in [-0.4, -0.2) is 29.9 Å². The third-order valence-corrected chi connectivity index (χ3v) is 3.14. The van der Waals surface area contributed by atoms with E-state index < -0.39 is 11.8 Å². The van der Waals surface area contributed by atoms with Gasteiger partial charge in [0.2, 0.25) is 0 Å². The largest absolute Gasteiger partial charge is 0.392 e. The second-order valence-corrected chi connectivity index (χ2v) is 5.11. The Labute approximate surface area is 107 Å². The number of carbonyl (C=O) groups is 2. The van der Waals surface area contributed by atoms with Crippen LogP contribution in [0.2, 0.25) is 0 Å². The number of carbonyl (C=O) groups excluding carboxylic acids is 2. The maximum absolute atomic E-state index is 11.4. The van der Waals surface area contributed by atoms with Crippen LogP contribution in [0.3, 0.4) is 0 Å². The average Bonchev–Trinajstić information content (AvgIpc) is 3.03. The molecule has 5 nitrogen and oxygen atoms in total. The van der Waals surface area contributed by atoms with Gasteiger partial charge in [0.05, 0.1) is 11.5 Å². The lowest BCUT2D eigenvalue weighted by Gasteiger charge is -2.14. The lowest BCUT2D eigenvalue weighted by Crippen LogP contribution is -2.44. The Kier molecular flexibility index (Phi) is 4.86. The number of thiocarbonyl (C=S) groups is 1. The third-order valence-electron chi connectivity index (χ3n) is 2.99. The van der Waals surface area contributed by atoms with Crippen LogP contribution < -0.4 is 16.4 Å². The van der Waals surface area contributed by atoms with Crippen molar-refractivity contribution in [3.63, 3.8) is 0 Å². The van der Waals surface area contributed by atoms with E-state index in [9.17, 15) is 9.59 Å². The molecule has 1 aliphatic rings. The fraction of sp³-hybridized carbons (Fsp3) is 0.727. The van der Waals surface area contributed by atoms with Crippen molar-refractivity contribution in [2.75, 3.05) is 13.1 Å². The molecule has 1 aliphatic carbocycles. The smallest absolute Gasteiger partial charge is 0.309 e. The van der Waals surface area contributed by atoms with Gasteiger partial charge in [-0.15, -0.1) is 0 Å². The first-order valence-corrected chi connectivity index (χ1v) is 6.24. The zero-order valence-corrected chi connectivity index (χ0v) is 10.9. The summed E-state index contributed by atoms with van der Waals surface area (Å²) >= 11 is 4.60. The van der Waals surface area contributed by atoms with Crippen molar-refractivity contribution < 1.29 is 9.59 Å². The van der Waals surface area contributed by atoms with E-state index in [0.29, 0.717) is 6.54 Å². The SMILES string of the molecule is CCCC1(CNC(=O)C(=O)NCC(N)=S)CC1. The summed E-state index contributed by atoms with van der Waals surface area (Å²) in [6.45, 7) is 2.76. The van der Waals surface area contributed by atoms with Gasteiger partial charge in [0.1, 0.15) is 0 Å². The van der Waals surface area contributed by atoms with Crippen LogP contribution in [0.1, 0.15) is 32.6 Å². The molecule has 0 saturated heterocycles. The highest BCUT2D eigenvalue weighted by molar-refractivity contribution is 7.80. The fourth-order valence-corrected chi connectivity index (χ4v) is 1.89. The lowest BCUT2D eigenvalue weighted by atomic mass is 10.0. The fourth-order valence-electron chi connectivity index (χ4n) is 1.82. The minimum absolute atomic E-state index is 0.0572. The maximum Gasteiger partial charge on any atom is 0.309 e. The summed E-state index contributed by atoms with van der Waals surface area (Å²) in [5.41, 5.74) is 5.46. The van der Waals surface area contributed by atoms with Gasteiger partial charge in [0.15, 0.2) is 0 Å². The van der Waals surface area contributed by atoms with E-state index in [2.05, 4.69) is 29.8 Å². The predicted octanol–water partition coefficient (Wildman–Crippen LogP) is 0.0852. The number of hydrogen-bond donors (Lipinski definition) is 3. The summed E-state index contributed by atoms with van der Waals surface area (Å²) in [5.74, 6) is -1.28. The van der Waals surface area contributed by atoms with Crippen molar-refractivity contribution >= 4 is 29.0 Å². The second-order valence-electron chi connectivity index (χ2n) is 4.58. The Morgan fingerprint density at radius 1 is 1.29 bits per heavy atom. The molecule has 0 aliphatic heterocycles. The van der Waals surface area contributed by atoms with Crippen LogP contribution in [0.15, 0.2) is 0 Å². The molecule has 17 heavy (non-hydrogen) atoms. The highest BCUT2D eigenvalue weighted by Crippen LogP contribution is 2.48. The topological polar surface area (TPSA) is 84.2 Å². The van der Waals surface area contributed by atoms with Gasteiger partial charge in [-0.05, 0) is 24.7 Å². The van der Waals surface area contributed by atoms with Gasteiger partial charge >= 0.3 is 11.8 Å². The number of nitrogens with two attached hydrogens (primary N) is 1. The first kappa shape index (κ1) is 13.9. The van der Waals surface area contributed by atoms with E-state index in [4.69, 9.17) is 5.73 Å². The summed E-state index contributed by atoms with van der Waals surface area (Å²) < 4.78 is 0. The molecule has 6 heteroatoms. The Bertz CT molecular complexity index is 327. The van der Waals surface area contributed by atoms with E-state index in [0.717, 1.165) is 25.7 Å². The molecule has 0 aromatic rings. The van der Waals surface area contributed by atoms with Gasteiger partial charge in [0.25, 0.3) is 0 Å². The molecule has 0 spiro atoms. The molecule has 0 bridgehead atoms. The summed E-state index contributed by atoms with van der Waals surface area (Å²) in [6.07, 6.45) is 4.47. The molecule has 4 N–H and O–H groups in total. The first-order chi connectivity index (χ1) is 7.99. The molecule has 1 saturated carbocycles. The Balaban J connectivity index is 2.25. The average molecular weight is 257 g/mol. The van der Waals surface area contributed by atoms with Crippen molar-refractivity contribution in [1.82, 2.24) is 10.6 Å². The van der Waals surface area contributed by atoms with Gasteiger partial charge in [0, 0.05) is 6.54 Å². The van der Waals surface area contributed by atoms with Crippen molar-refractivity contribution in [2.45, 2.75) is 32.6 Å². The van der Waals surface area contributed by atoms with E-state index in [1.807, 2.05) is 0 Å². The lowest BCUT2D eigenvalue weighted by molar-refractivity contribution is -0.139. The minimum atomic E-state index is -0.676. The minimum Gasteiger partial charge on any atom is -0.392 e. The molecule has 0 aromatic carbocycles. The van der Waals surface area contributed by atoms with Crippen LogP contribution in [0.5, 0.6) is 0 Å². The summed E-state index contributed by atoms with van der Waals surface area (Å²) in [4.78, 5) is 22.9. The van der Waals surface area contributed by atoms with E-state index in [1.165, 1.54) is 0 Å². The van der Waals surface area contributed by atoms with E-state index >= 15 is 0 Å². The van der Waals surface area contributed by atoms with Gasteiger partial charge in [-0.3, -0.25) is 9.59 Å². The number of rotatable bonds is 6. The molecule has 0 unspecified atom stereocenters. The summed E-state index contributed by atoms with van der Waals surface area (Å²) in [5, 5.41) is 5.01. The van der Waals surface area contributed by atoms with Crippen LogP contribution in [-0.2, 0) is 9.59 Å². The summed E-state index contributed by atoms with van der Waals surface area (Å²) in [7, 11) is 0. The predicted molar refractivity (Wildman–Crippen MR) is 69.4 cm³/mol. The monoisotopic (exact) mass is 257 g/mol. The molecular formula is C11H19N3O2S. The van der Waals surface area contributed by atoms with Gasteiger partial charge in [-0.25, -0.2) is 0 Å². The molecule has 0 aromatic heterocycles. The van der Waals surface area contributed by atoms with Crippen LogP contribution >= 0.6 is 12.2 Å². The van der Waals surface area contributed by atoms with E-state index in [1.54, 1.807) is 0 Å². The zero-order valence-electron chi connectivity index (χ0n) is 10.0. The normalized spacial score (nSPS) is 16.1. The summed E-state index contributed by atoms with van der Waals surface area (Å²) in [6, 6.07) is 0. The van der Waals surface area contributed by atoms with Gasteiger partial charge in [-0.1, -0.05) is 25.6 Å². The van der Waals surface area contributed by atoms with Gasteiger partial charge in [-0.2, -0.15) is 0 Å². The number of hydrogen-bond acceptors (Lipinski definition) is 3. The molecule has 0 heterocycles. The van der Waals surface area contributed by atoms with Crippen molar-refractivity contribution in [1.29, 1.82) is 0 Å². The Morgan fingerprint density at radius 2 is 1.88 bits per heavy atom. The third kappa shape index (κ3) is 4.68. The maximum atomic E-state index is 11.4. The number of nitrogens with one attached hydrogen (secondary N) is 2.